The van der Waals surface area contributed by atoms with Crippen molar-refractivity contribution >= 4 is 17.4 Å². The Hall–Kier alpha value is -1.85. The second kappa shape index (κ2) is 5.14. The fourth-order valence-corrected chi connectivity index (χ4v) is 1.03. The first-order valence-electron chi connectivity index (χ1n) is 4.68. The third-order valence-electron chi connectivity index (χ3n) is 1.61. The van der Waals surface area contributed by atoms with Crippen molar-refractivity contribution in [1.82, 2.24) is 15.3 Å². The van der Waals surface area contributed by atoms with Gasteiger partial charge in [-0.3, -0.25) is 4.79 Å². The minimum Gasteiger partial charge on any atom is -0.394 e. The van der Waals surface area contributed by atoms with Crippen LogP contribution < -0.4 is 16.4 Å². The Morgan fingerprint density at radius 1 is 1.60 bits per heavy atom. The molecule has 0 fully saturated rings. The van der Waals surface area contributed by atoms with E-state index in [1.807, 2.05) is 13.8 Å². The van der Waals surface area contributed by atoms with Gasteiger partial charge in [-0.1, -0.05) is 0 Å². The number of amides is 1. The Balaban J connectivity index is 2.44. The maximum atomic E-state index is 11.3. The van der Waals surface area contributed by atoms with E-state index >= 15 is 0 Å². The number of nitrogen functional groups attached to an aromatic ring is 1. The molecule has 0 saturated carbocycles. The monoisotopic (exact) mass is 209 g/mol. The van der Waals surface area contributed by atoms with Crippen molar-refractivity contribution in [2.24, 2.45) is 0 Å². The van der Waals surface area contributed by atoms with Crippen LogP contribution in [0.25, 0.3) is 0 Å². The molecule has 1 heterocycles. The molecule has 0 unspecified atom stereocenters. The first-order valence-corrected chi connectivity index (χ1v) is 4.68. The van der Waals surface area contributed by atoms with Gasteiger partial charge in [-0.05, 0) is 13.8 Å². The highest BCUT2D eigenvalue weighted by Gasteiger charge is 2.04. The number of aromatic nitrogens is 2. The molecule has 0 aliphatic carbocycles. The number of nitrogens with zero attached hydrogens (tertiary/aromatic N) is 2. The first-order chi connectivity index (χ1) is 7.09. The van der Waals surface area contributed by atoms with Gasteiger partial charge in [-0.25, -0.2) is 9.97 Å². The van der Waals surface area contributed by atoms with Crippen LogP contribution >= 0.6 is 0 Å². The fourth-order valence-electron chi connectivity index (χ4n) is 1.03. The quantitative estimate of drug-likeness (QED) is 0.648. The number of hydrogen-bond acceptors (Lipinski definition) is 5. The lowest BCUT2D eigenvalue weighted by atomic mass is 10.4. The molecule has 0 aromatic carbocycles. The number of carbonyl (C=O) groups excluding carboxylic acids is 1. The van der Waals surface area contributed by atoms with E-state index in [4.69, 9.17) is 5.73 Å². The lowest BCUT2D eigenvalue weighted by Crippen LogP contribution is -2.35. The Morgan fingerprint density at radius 3 is 2.93 bits per heavy atom. The minimum absolute atomic E-state index is 0.0944. The molecule has 0 atom stereocenters. The van der Waals surface area contributed by atoms with Crippen molar-refractivity contribution in [2.45, 2.75) is 19.9 Å². The summed E-state index contributed by atoms with van der Waals surface area (Å²) in [6.07, 6.45) is 2.86. The van der Waals surface area contributed by atoms with Crippen LogP contribution in [0.3, 0.4) is 0 Å². The van der Waals surface area contributed by atoms with Crippen LogP contribution in [0.2, 0.25) is 0 Å². The predicted molar refractivity (Wildman–Crippen MR) is 58.2 cm³/mol. The van der Waals surface area contributed by atoms with Crippen LogP contribution in [0.4, 0.5) is 11.5 Å². The van der Waals surface area contributed by atoms with Gasteiger partial charge in [0.2, 0.25) is 5.91 Å². The van der Waals surface area contributed by atoms with Crippen molar-refractivity contribution in [3.8, 4) is 0 Å². The van der Waals surface area contributed by atoms with Gasteiger partial charge in [0, 0.05) is 6.04 Å². The molecule has 6 heteroatoms. The van der Waals surface area contributed by atoms with Gasteiger partial charge < -0.3 is 16.4 Å². The highest BCUT2D eigenvalue weighted by molar-refractivity contribution is 5.81. The molecule has 0 spiro atoms. The van der Waals surface area contributed by atoms with E-state index in [1.165, 1.54) is 12.5 Å². The third kappa shape index (κ3) is 3.80. The van der Waals surface area contributed by atoms with Crippen molar-refractivity contribution in [3.05, 3.63) is 12.5 Å². The zero-order valence-corrected chi connectivity index (χ0v) is 8.82. The molecule has 1 aromatic rings. The summed E-state index contributed by atoms with van der Waals surface area (Å²) in [6.45, 7) is 3.95. The molecule has 0 saturated heterocycles. The topological polar surface area (TPSA) is 92.9 Å². The summed E-state index contributed by atoms with van der Waals surface area (Å²) in [5.41, 5.74) is 6.01. The van der Waals surface area contributed by atoms with Crippen LogP contribution in [0.15, 0.2) is 12.5 Å². The van der Waals surface area contributed by atoms with E-state index in [2.05, 4.69) is 20.6 Å². The standard InChI is InChI=1S/C9H15N5O/c1-6(2)14-8(15)4-12-9-7(10)3-11-5-13-9/h3,5-6H,4,10H2,1-2H3,(H,14,15)(H,11,12,13). The molecule has 0 aliphatic heterocycles. The second-order valence-corrected chi connectivity index (χ2v) is 3.40. The summed E-state index contributed by atoms with van der Waals surface area (Å²) in [5.74, 6) is 0.381. The van der Waals surface area contributed by atoms with E-state index in [0.29, 0.717) is 11.5 Å². The second-order valence-electron chi connectivity index (χ2n) is 3.40. The Kier molecular flexibility index (Phi) is 3.84. The molecular formula is C9H15N5O. The van der Waals surface area contributed by atoms with Crippen LogP contribution in [0.1, 0.15) is 13.8 Å². The van der Waals surface area contributed by atoms with Crippen molar-refractivity contribution in [2.75, 3.05) is 17.6 Å². The highest BCUT2D eigenvalue weighted by atomic mass is 16.1. The highest BCUT2D eigenvalue weighted by Crippen LogP contribution is 2.10. The summed E-state index contributed by atoms with van der Waals surface area (Å²) in [7, 11) is 0. The average Bonchev–Trinajstić information content (AvgIpc) is 2.15. The van der Waals surface area contributed by atoms with E-state index in [9.17, 15) is 4.79 Å². The Labute approximate surface area is 88.3 Å². The number of rotatable bonds is 4. The molecule has 1 aromatic heterocycles. The SMILES string of the molecule is CC(C)NC(=O)CNc1ncncc1N. The van der Waals surface area contributed by atoms with E-state index < -0.39 is 0 Å². The molecule has 0 bridgehead atoms. The summed E-state index contributed by atoms with van der Waals surface area (Å²) in [4.78, 5) is 18.9. The maximum absolute atomic E-state index is 11.3. The number of nitrogens with two attached hydrogens (primary N) is 1. The summed E-state index contributed by atoms with van der Waals surface area (Å²) >= 11 is 0. The normalized spacial score (nSPS) is 10.1. The van der Waals surface area contributed by atoms with Gasteiger partial charge in [0.15, 0.2) is 5.82 Å². The van der Waals surface area contributed by atoms with Gasteiger partial charge in [0.05, 0.1) is 18.4 Å². The first kappa shape index (κ1) is 11.2. The Morgan fingerprint density at radius 2 is 2.33 bits per heavy atom. The molecule has 0 radical (unpaired) electrons. The van der Waals surface area contributed by atoms with E-state index in [0.717, 1.165) is 0 Å². The number of anilines is 2. The summed E-state index contributed by atoms with van der Waals surface area (Å²) in [5, 5.41) is 5.58. The third-order valence-corrected chi connectivity index (χ3v) is 1.61. The molecule has 1 amide bonds. The molecular weight excluding hydrogens is 194 g/mol. The smallest absolute Gasteiger partial charge is 0.239 e. The van der Waals surface area contributed by atoms with Crippen LogP contribution in [0, 0.1) is 0 Å². The van der Waals surface area contributed by atoms with Gasteiger partial charge in [-0.15, -0.1) is 0 Å². The largest absolute Gasteiger partial charge is 0.394 e. The molecule has 6 nitrogen and oxygen atoms in total. The maximum Gasteiger partial charge on any atom is 0.239 e. The average molecular weight is 209 g/mol. The molecule has 15 heavy (non-hydrogen) atoms. The predicted octanol–water partition coefficient (Wildman–Crippen LogP) is -0.00470. The summed E-state index contributed by atoms with van der Waals surface area (Å²) in [6, 6.07) is 0.127. The lowest BCUT2D eigenvalue weighted by molar-refractivity contribution is -0.119. The van der Waals surface area contributed by atoms with Gasteiger partial charge in [0.25, 0.3) is 0 Å². The van der Waals surface area contributed by atoms with Crippen molar-refractivity contribution in [1.29, 1.82) is 0 Å². The zero-order valence-electron chi connectivity index (χ0n) is 8.82. The van der Waals surface area contributed by atoms with E-state index in [1.54, 1.807) is 0 Å². The fraction of sp³-hybridized carbons (Fsp3) is 0.444. The zero-order chi connectivity index (χ0) is 11.3. The van der Waals surface area contributed by atoms with Gasteiger partial charge in [-0.2, -0.15) is 0 Å². The number of nitrogens with one attached hydrogen (secondary N) is 2. The van der Waals surface area contributed by atoms with Crippen molar-refractivity contribution < 1.29 is 4.79 Å². The van der Waals surface area contributed by atoms with E-state index in [-0.39, 0.29) is 18.5 Å². The van der Waals surface area contributed by atoms with Crippen molar-refractivity contribution in [3.63, 3.8) is 0 Å². The Bertz CT molecular complexity index is 339. The van der Waals surface area contributed by atoms with Gasteiger partial charge >= 0.3 is 0 Å². The number of carbonyl (C=O) groups is 1. The van der Waals surface area contributed by atoms with Crippen LogP contribution in [-0.4, -0.2) is 28.5 Å². The molecule has 0 aliphatic rings. The summed E-state index contributed by atoms with van der Waals surface area (Å²) < 4.78 is 0. The van der Waals surface area contributed by atoms with Gasteiger partial charge in [0.1, 0.15) is 6.33 Å². The molecule has 82 valence electrons. The number of hydrogen-bond donors (Lipinski definition) is 3. The lowest BCUT2D eigenvalue weighted by Gasteiger charge is -2.10. The van der Waals surface area contributed by atoms with Crippen LogP contribution in [0.5, 0.6) is 0 Å². The minimum atomic E-state index is -0.0944. The molecule has 1 rings (SSSR count). The van der Waals surface area contributed by atoms with Crippen LogP contribution in [-0.2, 0) is 4.79 Å². The molecule has 4 N–H and O–H groups in total.